The van der Waals surface area contributed by atoms with Crippen molar-refractivity contribution in [3.8, 4) is 66.8 Å². The van der Waals surface area contributed by atoms with Gasteiger partial charge in [0.2, 0.25) is 0 Å². The van der Waals surface area contributed by atoms with E-state index in [1.807, 2.05) is 0 Å². The molecule has 1 heterocycles. The maximum Gasteiger partial charge on any atom is 0.0494 e. The van der Waals surface area contributed by atoms with Crippen molar-refractivity contribution in [2.24, 2.45) is 0 Å². The summed E-state index contributed by atoms with van der Waals surface area (Å²) in [5.74, 6) is 0. The highest BCUT2D eigenvalue weighted by molar-refractivity contribution is 6.11. The molecule has 0 aliphatic heterocycles. The Kier molecular flexibility index (Phi) is 9.65. The molecule has 0 fully saturated rings. The topological polar surface area (TPSA) is 4.93 Å². The molecule has 0 unspecified atom stereocenters. The Labute approximate surface area is 396 Å². The Morgan fingerprint density at radius 2 is 0.529 bits per heavy atom. The van der Waals surface area contributed by atoms with E-state index in [4.69, 9.17) is 0 Å². The lowest BCUT2D eigenvalue weighted by Crippen LogP contribution is -2.01. The summed E-state index contributed by atoms with van der Waals surface area (Å²) >= 11 is 0. The number of benzene rings is 12. The van der Waals surface area contributed by atoms with Crippen molar-refractivity contribution in [1.82, 2.24) is 4.57 Å². The molecule has 0 saturated carbocycles. The van der Waals surface area contributed by atoms with Crippen molar-refractivity contribution in [2.45, 2.75) is 6.54 Å². The number of hydrogen-bond acceptors (Lipinski definition) is 0. The lowest BCUT2D eigenvalue weighted by Gasteiger charge is -2.14. The van der Waals surface area contributed by atoms with E-state index in [-0.39, 0.29) is 0 Å². The molecule has 0 bridgehead atoms. The Hall–Kier alpha value is -8.78. The van der Waals surface area contributed by atoms with Gasteiger partial charge in [-0.25, -0.2) is 0 Å². The van der Waals surface area contributed by atoms with Gasteiger partial charge in [-0.1, -0.05) is 237 Å². The SMILES string of the molecule is c1ccc(-c2ccc(-c3cccc4ccccc34)cc2)c(Cn2c3ccc(-c4ccc(-c5cccc6ccccc56)cc4)cc3c3cc(-c4ccc(-c5cccc6ccccc56)cc4)ccc32)c1. The average Bonchev–Trinajstić information content (AvgIpc) is 3.72. The fourth-order valence-corrected chi connectivity index (χ4v) is 10.7. The fourth-order valence-electron chi connectivity index (χ4n) is 10.7. The molecule has 13 rings (SSSR count). The number of hydrogen-bond donors (Lipinski definition) is 0. The zero-order valence-electron chi connectivity index (χ0n) is 37.5. The fraction of sp³-hybridized carbons (Fsp3) is 0.0149. The summed E-state index contributed by atoms with van der Waals surface area (Å²) < 4.78 is 2.52. The molecule has 0 N–H and O–H groups in total. The van der Waals surface area contributed by atoms with Crippen LogP contribution in [-0.4, -0.2) is 4.57 Å². The molecule has 318 valence electrons. The molecule has 0 aliphatic rings. The van der Waals surface area contributed by atoms with Gasteiger partial charge < -0.3 is 4.57 Å². The van der Waals surface area contributed by atoms with Gasteiger partial charge in [0.05, 0.1) is 0 Å². The van der Waals surface area contributed by atoms with E-state index >= 15 is 0 Å². The van der Waals surface area contributed by atoms with Crippen LogP contribution in [0.2, 0.25) is 0 Å². The molecule has 0 spiro atoms. The first kappa shape index (κ1) is 39.6. The average molecular weight is 864 g/mol. The first-order valence-corrected chi connectivity index (χ1v) is 23.6. The largest absolute Gasteiger partial charge is 0.336 e. The summed E-state index contributed by atoms with van der Waals surface area (Å²) in [6.45, 7) is 0.736. The Balaban J connectivity index is 0.899. The maximum atomic E-state index is 2.52. The summed E-state index contributed by atoms with van der Waals surface area (Å²) in [6, 6.07) is 96.0. The summed E-state index contributed by atoms with van der Waals surface area (Å²) in [6.07, 6.45) is 0. The van der Waals surface area contributed by atoms with Gasteiger partial charge in [-0.2, -0.15) is 0 Å². The van der Waals surface area contributed by atoms with Gasteiger partial charge in [-0.15, -0.1) is 0 Å². The third-order valence-corrected chi connectivity index (χ3v) is 14.1. The van der Waals surface area contributed by atoms with Gasteiger partial charge in [-0.3, -0.25) is 0 Å². The van der Waals surface area contributed by atoms with E-state index in [0.717, 1.165) is 6.54 Å². The molecule has 0 saturated heterocycles. The number of nitrogens with zero attached hydrogens (tertiary/aromatic N) is 1. The Bertz CT molecular complexity index is 3830. The van der Waals surface area contributed by atoms with Crippen LogP contribution >= 0.6 is 0 Å². The van der Waals surface area contributed by atoms with Gasteiger partial charge in [0.25, 0.3) is 0 Å². The quantitative estimate of drug-likeness (QED) is 0.143. The molecule has 1 heteroatoms. The number of fused-ring (bicyclic) bond motifs is 6. The van der Waals surface area contributed by atoms with Crippen molar-refractivity contribution in [3.05, 3.63) is 266 Å². The van der Waals surface area contributed by atoms with Gasteiger partial charge >= 0.3 is 0 Å². The molecule has 0 radical (unpaired) electrons. The third kappa shape index (κ3) is 6.96. The summed E-state index contributed by atoms with van der Waals surface area (Å²) in [5.41, 5.74) is 18.5. The molecule has 0 aliphatic carbocycles. The van der Waals surface area contributed by atoms with Gasteiger partial charge in [0, 0.05) is 28.4 Å². The van der Waals surface area contributed by atoms with Crippen LogP contribution < -0.4 is 0 Å². The van der Waals surface area contributed by atoms with E-state index in [9.17, 15) is 0 Å². The predicted molar refractivity (Wildman–Crippen MR) is 290 cm³/mol. The molecule has 0 atom stereocenters. The van der Waals surface area contributed by atoms with Crippen molar-refractivity contribution in [2.75, 3.05) is 0 Å². The molecule has 68 heavy (non-hydrogen) atoms. The first-order chi connectivity index (χ1) is 33.7. The van der Waals surface area contributed by atoms with Crippen molar-refractivity contribution in [3.63, 3.8) is 0 Å². The van der Waals surface area contributed by atoms with E-state index in [0.29, 0.717) is 0 Å². The van der Waals surface area contributed by atoms with Gasteiger partial charge in [0.1, 0.15) is 0 Å². The van der Waals surface area contributed by atoms with Crippen molar-refractivity contribution < 1.29 is 0 Å². The van der Waals surface area contributed by atoms with Crippen molar-refractivity contribution >= 4 is 54.1 Å². The van der Waals surface area contributed by atoms with Crippen LogP contribution in [0.15, 0.2) is 261 Å². The van der Waals surface area contributed by atoms with Gasteiger partial charge in [-0.05, 0) is 129 Å². The van der Waals surface area contributed by atoms with Crippen LogP contribution in [0.1, 0.15) is 5.56 Å². The van der Waals surface area contributed by atoms with Gasteiger partial charge in [0.15, 0.2) is 0 Å². The molecule has 0 amide bonds. The minimum atomic E-state index is 0.736. The standard InChI is InChI=1S/C67H45N/c1-6-20-58-47(12-1)16-9-23-61(58)51-30-26-45(27-31-51)54-38-40-66-64(42-54)65-43-55(46-28-32-52(33-29-46)62-24-10-17-48-13-2-7-21-59(48)62)39-41-67(65)68(66)44-56-15-4-5-19-57(56)50-34-36-53(37-35-50)63-25-11-18-49-14-3-8-22-60(49)63/h1-43H,44H2. The Morgan fingerprint density at radius 1 is 0.221 bits per heavy atom. The normalized spacial score (nSPS) is 11.6. The second-order valence-electron chi connectivity index (χ2n) is 18.0. The van der Waals surface area contributed by atoms with Crippen LogP contribution in [0.3, 0.4) is 0 Å². The predicted octanol–water partition coefficient (Wildman–Crippen LogP) is 18.3. The smallest absolute Gasteiger partial charge is 0.0494 e. The molecule has 1 nitrogen and oxygen atoms in total. The lowest BCUT2D eigenvalue weighted by molar-refractivity contribution is 0.871. The van der Waals surface area contributed by atoms with Crippen LogP contribution in [0.25, 0.3) is 121 Å². The molecule has 12 aromatic carbocycles. The molecule has 13 aromatic rings. The Morgan fingerprint density at radius 3 is 0.956 bits per heavy atom. The highest BCUT2D eigenvalue weighted by Crippen LogP contribution is 2.39. The molecular weight excluding hydrogens is 819 g/mol. The monoisotopic (exact) mass is 863 g/mol. The van der Waals surface area contributed by atoms with Crippen molar-refractivity contribution in [1.29, 1.82) is 0 Å². The molecule has 1 aromatic heterocycles. The zero-order valence-corrected chi connectivity index (χ0v) is 37.5. The van der Waals surface area contributed by atoms with Crippen LogP contribution in [0.5, 0.6) is 0 Å². The zero-order chi connectivity index (χ0) is 45.0. The van der Waals surface area contributed by atoms with E-state index in [1.165, 1.54) is 126 Å². The lowest BCUT2D eigenvalue weighted by atomic mass is 9.94. The highest BCUT2D eigenvalue weighted by atomic mass is 15.0. The molecular formula is C67H45N. The summed E-state index contributed by atoms with van der Waals surface area (Å²) in [4.78, 5) is 0. The van der Waals surface area contributed by atoms with E-state index in [1.54, 1.807) is 0 Å². The minimum Gasteiger partial charge on any atom is -0.336 e. The van der Waals surface area contributed by atoms with E-state index < -0.39 is 0 Å². The maximum absolute atomic E-state index is 2.52. The van der Waals surface area contributed by atoms with Crippen LogP contribution in [-0.2, 0) is 6.54 Å². The summed E-state index contributed by atoms with van der Waals surface area (Å²) in [7, 11) is 0. The highest BCUT2D eigenvalue weighted by Gasteiger charge is 2.17. The van der Waals surface area contributed by atoms with E-state index in [2.05, 4.69) is 265 Å². The second-order valence-corrected chi connectivity index (χ2v) is 18.0. The van der Waals surface area contributed by atoms with Crippen LogP contribution in [0.4, 0.5) is 0 Å². The van der Waals surface area contributed by atoms with Crippen LogP contribution in [0, 0.1) is 0 Å². The minimum absolute atomic E-state index is 0.736. The summed E-state index contributed by atoms with van der Waals surface area (Å²) in [5, 5.41) is 10.1. The third-order valence-electron chi connectivity index (χ3n) is 14.1. The second kappa shape index (κ2) is 16.6. The number of rotatable bonds is 8. The number of aromatic nitrogens is 1. The first-order valence-electron chi connectivity index (χ1n) is 23.6.